The van der Waals surface area contributed by atoms with Gasteiger partial charge < -0.3 is 14.7 Å². The summed E-state index contributed by atoms with van der Waals surface area (Å²) in [5, 5.41) is 25.1. The van der Waals surface area contributed by atoms with Crippen molar-refractivity contribution in [2.45, 2.75) is 20.0 Å². The van der Waals surface area contributed by atoms with Crippen LogP contribution in [-0.4, -0.2) is 49.4 Å². The first-order valence-electron chi connectivity index (χ1n) is 9.16. The molecule has 1 fully saturated rings. The molecular weight excluding hydrogens is 398 g/mol. The van der Waals surface area contributed by atoms with Gasteiger partial charge in [0.2, 0.25) is 5.88 Å². The van der Waals surface area contributed by atoms with Crippen molar-refractivity contribution in [3.05, 3.63) is 53.3 Å². The number of anilines is 1. The van der Waals surface area contributed by atoms with Crippen molar-refractivity contribution in [2.24, 2.45) is 5.92 Å². The molecule has 0 bridgehead atoms. The molecule has 1 aromatic carbocycles. The molecule has 3 aromatic rings. The third kappa shape index (κ3) is 3.91. The van der Waals surface area contributed by atoms with Crippen LogP contribution in [0.25, 0.3) is 5.69 Å². The van der Waals surface area contributed by atoms with Crippen LogP contribution in [0.3, 0.4) is 0 Å². The molecule has 1 aliphatic heterocycles. The number of hydrogen-bond donors (Lipinski definition) is 1. The monoisotopic (exact) mass is 416 g/mol. The lowest BCUT2D eigenvalue weighted by molar-refractivity contribution is -0.142. The second kappa shape index (κ2) is 8.01. The van der Waals surface area contributed by atoms with Crippen LogP contribution in [-0.2, 0) is 11.4 Å². The zero-order valence-electron chi connectivity index (χ0n) is 15.9. The summed E-state index contributed by atoms with van der Waals surface area (Å²) in [4.78, 5) is 12.7. The van der Waals surface area contributed by atoms with Gasteiger partial charge >= 0.3 is 5.97 Å². The zero-order chi connectivity index (χ0) is 21.3. The van der Waals surface area contributed by atoms with Crippen molar-refractivity contribution in [1.29, 1.82) is 0 Å². The molecule has 156 valence electrons. The van der Waals surface area contributed by atoms with E-state index in [0.29, 0.717) is 36.0 Å². The summed E-state index contributed by atoms with van der Waals surface area (Å²) in [7, 11) is 0. The van der Waals surface area contributed by atoms with E-state index in [4.69, 9.17) is 9.84 Å². The third-order valence-electron chi connectivity index (χ3n) is 4.88. The Morgan fingerprint density at radius 1 is 1.17 bits per heavy atom. The molecule has 2 aromatic heterocycles. The Labute approximate surface area is 169 Å². The number of carbonyl (C=O) groups is 1. The number of rotatable bonds is 7. The van der Waals surface area contributed by atoms with E-state index >= 15 is 0 Å². The molecule has 9 nitrogen and oxygen atoms in total. The number of nitrogens with zero attached hydrogens (tertiary/aromatic N) is 6. The molecule has 11 heteroatoms. The van der Waals surface area contributed by atoms with Crippen LogP contribution in [0.1, 0.15) is 23.4 Å². The van der Waals surface area contributed by atoms with Crippen LogP contribution in [0.2, 0.25) is 0 Å². The molecule has 1 aliphatic rings. The molecule has 4 rings (SSSR count). The second-order valence-corrected chi connectivity index (χ2v) is 6.88. The van der Waals surface area contributed by atoms with E-state index in [1.165, 1.54) is 16.8 Å². The normalized spacial score (nSPS) is 14.1. The van der Waals surface area contributed by atoms with Crippen molar-refractivity contribution in [3.63, 3.8) is 0 Å². The predicted molar refractivity (Wildman–Crippen MR) is 101 cm³/mol. The van der Waals surface area contributed by atoms with Crippen molar-refractivity contribution in [2.75, 3.05) is 18.0 Å². The highest BCUT2D eigenvalue weighted by molar-refractivity contribution is 5.74. The fourth-order valence-electron chi connectivity index (χ4n) is 3.03. The molecule has 1 saturated heterocycles. The number of halogens is 2. The number of carboxylic acids is 1. The minimum atomic E-state index is -2.54. The lowest BCUT2D eigenvalue weighted by Crippen LogP contribution is -2.50. The number of hydrogen-bond acceptors (Lipinski definition) is 7. The molecule has 0 radical (unpaired) electrons. The van der Waals surface area contributed by atoms with Gasteiger partial charge in [0, 0.05) is 24.7 Å². The van der Waals surface area contributed by atoms with Crippen LogP contribution in [0, 0.1) is 12.8 Å². The largest absolute Gasteiger partial charge is 0.481 e. The highest BCUT2D eigenvalue weighted by Crippen LogP contribution is 2.24. The van der Waals surface area contributed by atoms with Gasteiger partial charge in [-0.2, -0.15) is 0 Å². The van der Waals surface area contributed by atoms with E-state index in [1.807, 2.05) is 4.90 Å². The van der Waals surface area contributed by atoms with E-state index in [2.05, 4.69) is 20.5 Å². The first-order valence-corrected chi connectivity index (χ1v) is 9.16. The Hall–Kier alpha value is -3.63. The van der Waals surface area contributed by atoms with Crippen LogP contribution in [0.4, 0.5) is 14.6 Å². The highest BCUT2D eigenvalue weighted by atomic mass is 19.3. The predicted octanol–water partition coefficient (Wildman–Crippen LogP) is 2.40. The van der Waals surface area contributed by atoms with Crippen LogP contribution < -0.4 is 9.64 Å². The molecule has 0 spiro atoms. The molecule has 30 heavy (non-hydrogen) atoms. The number of carboxylic acid groups (broad SMARTS) is 1. The van der Waals surface area contributed by atoms with Crippen molar-refractivity contribution in [3.8, 4) is 11.6 Å². The third-order valence-corrected chi connectivity index (χ3v) is 4.88. The summed E-state index contributed by atoms with van der Waals surface area (Å²) in [5.74, 6) is -0.326. The number of aryl methyl sites for hydroxylation is 1. The molecule has 3 heterocycles. The Kier molecular flexibility index (Phi) is 5.25. The smallest absolute Gasteiger partial charge is 0.310 e. The van der Waals surface area contributed by atoms with Gasteiger partial charge in [-0.15, -0.1) is 15.3 Å². The van der Waals surface area contributed by atoms with Gasteiger partial charge in [-0.25, -0.2) is 13.5 Å². The maximum Gasteiger partial charge on any atom is 0.310 e. The quantitative estimate of drug-likeness (QED) is 0.626. The summed E-state index contributed by atoms with van der Waals surface area (Å²) in [6.45, 7) is 2.68. The molecule has 1 N–H and O–H groups in total. The van der Waals surface area contributed by atoms with Gasteiger partial charge in [-0.3, -0.25) is 4.79 Å². The van der Waals surface area contributed by atoms with E-state index in [9.17, 15) is 13.6 Å². The molecule has 0 atom stereocenters. The first kappa shape index (κ1) is 19.7. The number of aliphatic carboxylic acids is 1. The summed E-state index contributed by atoms with van der Waals surface area (Å²) in [5.41, 5.74) is 1.81. The summed E-state index contributed by atoms with van der Waals surface area (Å²) < 4.78 is 32.7. The molecule has 0 saturated carbocycles. The van der Waals surface area contributed by atoms with Crippen molar-refractivity contribution in [1.82, 2.24) is 25.2 Å². The summed E-state index contributed by atoms with van der Waals surface area (Å²) in [6.07, 6.45) is -2.54. The lowest BCUT2D eigenvalue weighted by atomic mass is 10.0. The Bertz CT molecular complexity index is 1030. The van der Waals surface area contributed by atoms with Crippen LogP contribution >= 0.6 is 0 Å². The molecule has 0 aliphatic carbocycles. The first-order chi connectivity index (χ1) is 14.4. The minimum absolute atomic E-state index is 0.0689. The number of alkyl halides is 2. The second-order valence-electron chi connectivity index (χ2n) is 6.88. The molecular formula is C19H18F2N6O3. The van der Waals surface area contributed by atoms with Crippen molar-refractivity contribution >= 4 is 11.8 Å². The topological polar surface area (TPSA) is 106 Å². The fraction of sp³-hybridized carbons (Fsp3) is 0.316. The van der Waals surface area contributed by atoms with Gasteiger partial charge in [-0.1, -0.05) is 17.3 Å². The van der Waals surface area contributed by atoms with Gasteiger partial charge in [0.1, 0.15) is 12.3 Å². The lowest BCUT2D eigenvalue weighted by Gasteiger charge is -2.37. The van der Waals surface area contributed by atoms with E-state index in [1.54, 1.807) is 31.2 Å². The SMILES string of the molecule is Cc1nnn(-c2ccc(C(F)F)cc2)c1COc1ccc(N2CC(C(=O)O)C2)nn1. The van der Waals surface area contributed by atoms with Crippen LogP contribution in [0.15, 0.2) is 36.4 Å². The number of ether oxygens (including phenoxy) is 1. The van der Waals surface area contributed by atoms with Gasteiger partial charge in [0.15, 0.2) is 5.82 Å². The Morgan fingerprint density at radius 3 is 2.50 bits per heavy atom. The highest BCUT2D eigenvalue weighted by Gasteiger charge is 2.33. The Balaban J connectivity index is 1.42. The van der Waals surface area contributed by atoms with E-state index < -0.39 is 12.4 Å². The minimum Gasteiger partial charge on any atom is -0.481 e. The fourth-order valence-corrected chi connectivity index (χ4v) is 3.03. The summed E-state index contributed by atoms with van der Waals surface area (Å²) in [6, 6.07) is 9.15. The molecule has 0 amide bonds. The number of benzene rings is 1. The average molecular weight is 416 g/mol. The van der Waals surface area contributed by atoms with Gasteiger partial charge in [0.05, 0.1) is 17.3 Å². The number of aromatic nitrogens is 5. The van der Waals surface area contributed by atoms with Crippen LogP contribution in [0.5, 0.6) is 5.88 Å². The van der Waals surface area contributed by atoms with E-state index in [0.717, 1.165) is 0 Å². The standard InChI is InChI=1S/C19H18F2N6O3/c1-11-15(27(25-22-11)14-4-2-12(3-5-14)18(20)21)10-30-17-7-6-16(23-24-17)26-8-13(9-26)19(28)29/h2-7,13,18H,8-10H2,1H3,(H,28,29). The maximum absolute atomic E-state index is 12.8. The van der Waals surface area contributed by atoms with Crippen molar-refractivity contribution < 1.29 is 23.4 Å². The van der Waals surface area contributed by atoms with Gasteiger partial charge in [0.25, 0.3) is 6.43 Å². The maximum atomic E-state index is 12.8. The summed E-state index contributed by atoms with van der Waals surface area (Å²) >= 11 is 0. The zero-order valence-corrected chi connectivity index (χ0v) is 15.9. The van der Waals surface area contributed by atoms with Gasteiger partial charge in [-0.05, 0) is 25.1 Å². The average Bonchev–Trinajstić information content (AvgIpc) is 3.06. The van der Waals surface area contributed by atoms with E-state index in [-0.39, 0.29) is 24.0 Å². The molecule has 0 unspecified atom stereocenters. The Morgan fingerprint density at radius 2 is 1.90 bits per heavy atom.